The van der Waals surface area contributed by atoms with Crippen molar-refractivity contribution in [2.75, 3.05) is 0 Å². The molecule has 0 radical (unpaired) electrons. The highest BCUT2D eigenvalue weighted by atomic mass is 16.2. The number of nitrogens with zero attached hydrogens (tertiary/aromatic N) is 1. The van der Waals surface area contributed by atoms with Gasteiger partial charge in [-0.2, -0.15) is 0 Å². The quantitative estimate of drug-likeness (QED) is 0.934. The summed E-state index contributed by atoms with van der Waals surface area (Å²) in [6, 6.07) is 7.88. The van der Waals surface area contributed by atoms with Crippen LogP contribution in [-0.4, -0.2) is 21.3 Å². The van der Waals surface area contributed by atoms with E-state index in [2.05, 4.69) is 4.98 Å². The smallest absolute Gasteiger partial charge is 0.253 e. The molecule has 0 bridgehead atoms. The largest absolute Gasteiger partial charge is 0.333 e. The summed E-state index contributed by atoms with van der Waals surface area (Å²) in [6.45, 7) is 10.3. The first-order valence-corrected chi connectivity index (χ1v) is 8.15. The number of carbonyl (C=O) groups is 1. The summed E-state index contributed by atoms with van der Waals surface area (Å²) in [6.07, 6.45) is 1.31. The fourth-order valence-corrected chi connectivity index (χ4v) is 2.70. The van der Waals surface area contributed by atoms with Crippen LogP contribution in [-0.2, 0) is 11.3 Å². The average Bonchev–Trinajstić information content (AvgIpc) is 2.43. The number of carbonyl (C=O) groups excluding carboxylic acids is 1. The summed E-state index contributed by atoms with van der Waals surface area (Å²) in [7, 11) is 0. The molecule has 2 rings (SSSR count). The van der Waals surface area contributed by atoms with Gasteiger partial charge in [0.25, 0.3) is 5.56 Å². The van der Waals surface area contributed by atoms with Gasteiger partial charge in [0.15, 0.2) is 0 Å². The Morgan fingerprint density at radius 3 is 2.52 bits per heavy atom. The van der Waals surface area contributed by atoms with E-state index < -0.39 is 0 Å². The van der Waals surface area contributed by atoms with Crippen molar-refractivity contribution in [2.45, 2.75) is 59.5 Å². The van der Waals surface area contributed by atoms with E-state index in [4.69, 9.17) is 0 Å². The van der Waals surface area contributed by atoms with E-state index in [9.17, 15) is 9.59 Å². The predicted octanol–water partition coefficient (Wildman–Crippen LogP) is 3.76. The third kappa shape index (κ3) is 4.01. The molecule has 124 valence electrons. The normalized spacial score (nSPS) is 11.7. The van der Waals surface area contributed by atoms with Gasteiger partial charge in [0, 0.05) is 23.0 Å². The molecule has 0 aliphatic rings. The Morgan fingerprint density at radius 2 is 1.91 bits per heavy atom. The van der Waals surface area contributed by atoms with Gasteiger partial charge in [-0.15, -0.1) is 0 Å². The first-order valence-electron chi connectivity index (χ1n) is 8.15. The molecule has 0 spiro atoms. The summed E-state index contributed by atoms with van der Waals surface area (Å²) in [5.74, 6) is 0.0865. The Kier molecular flexibility index (Phi) is 4.93. The van der Waals surface area contributed by atoms with Gasteiger partial charge < -0.3 is 9.88 Å². The van der Waals surface area contributed by atoms with Crippen molar-refractivity contribution < 1.29 is 4.79 Å². The van der Waals surface area contributed by atoms with E-state index in [1.165, 1.54) is 0 Å². The van der Waals surface area contributed by atoms with E-state index in [-0.39, 0.29) is 17.0 Å². The van der Waals surface area contributed by atoms with Gasteiger partial charge in [-0.3, -0.25) is 9.59 Å². The maximum absolute atomic E-state index is 12.4. The van der Waals surface area contributed by atoms with Crippen molar-refractivity contribution in [3.8, 4) is 0 Å². The standard InChI is InChI=1S/C19H26N2O2/c1-6-7-17(22)21(19(3,4)5)12-15-11-14-9-8-13(2)10-16(14)20-18(15)23/h8-11H,6-7,12H2,1-5H3,(H,20,23). The second-order valence-corrected chi connectivity index (χ2v) is 7.12. The molecule has 23 heavy (non-hydrogen) atoms. The molecule has 0 aliphatic carbocycles. The third-order valence-electron chi connectivity index (χ3n) is 3.98. The Hall–Kier alpha value is -2.10. The SMILES string of the molecule is CCCC(=O)N(Cc1cc2ccc(C)cc2[nH]c1=O)C(C)(C)C. The van der Waals surface area contributed by atoms with Gasteiger partial charge in [-0.1, -0.05) is 19.1 Å². The van der Waals surface area contributed by atoms with Crippen LogP contribution in [0.4, 0.5) is 0 Å². The fourth-order valence-electron chi connectivity index (χ4n) is 2.70. The molecule has 1 amide bonds. The van der Waals surface area contributed by atoms with Crippen LogP contribution >= 0.6 is 0 Å². The molecule has 0 saturated carbocycles. The summed E-state index contributed by atoms with van der Waals surface area (Å²) in [5, 5.41) is 0.988. The second-order valence-electron chi connectivity index (χ2n) is 7.12. The minimum Gasteiger partial charge on any atom is -0.333 e. The van der Waals surface area contributed by atoms with Crippen LogP contribution in [0, 0.1) is 6.92 Å². The number of hydrogen-bond donors (Lipinski definition) is 1. The number of aryl methyl sites for hydroxylation is 1. The van der Waals surface area contributed by atoms with Gasteiger partial charge in [0.2, 0.25) is 5.91 Å². The van der Waals surface area contributed by atoms with Crippen LogP contribution in [0.5, 0.6) is 0 Å². The minimum atomic E-state index is -0.319. The average molecular weight is 314 g/mol. The topological polar surface area (TPSA) is 53.2 Å². The van der Waals surface area contributed by atoms with Crippen LogP contribution in [0.15, 0.2) is 29.1 Å². The van der Waals surface area contributed by atoms with Gasteiger partial charge in [0.05, 0.1) is 6.54 Å². The number of H-pyrrole nitrogens is 1. The summed E-state index contributed by atoms with van der Waals surface area (Å²) in [4.78, 5) is 29.5. The summed E-state index contributed by atoms with van der Waals surface area (Å²) in [5.41, 5.74) is 2.12. The molecule has 1 N–H and O–H groups in total. The Labute approximate surface area is 137 Å². The highest BCUT2D eigenvalue weighted by Crippen LogP contribution is 2.20. The highest BCUT2D eigenvalue weighted by molar-refractivity contribution is 5.80. The van der Waals surface area contributed by atoms with Gasteiger partial charge in [-0.05, 0) is 57.2 Å². The molecule has 1 aromatic heterocycles. The maximum atomic E-state index is 12.4. The lowest BCUT2D eigenvalue weighted by atomic mass is 10.0. The monoisotopic (exact) mass is 314 g/mol. The van der Waals surface area contributed by atoms with E-state index in [1.807, 2.05) is 58.9 Å². The maximum Gasteiger partial charge on any atom is 0.253 e. The van der Waals surface area contributed by atoms with E-state index in [1.54, 1.807) is 4.90 Å². The Bertz CT molecular complexity index is 769. The number of rotatable bonds is 4. The van der Waals surface area contributed by atoms with E-state index in [0.717, 1.165) is 22.9 Å². The molecule has 2 aromatic rings. The number of nitrogens with one attached hydrogen (secondary N) is 1. The molecule has 1 aromatic carbocycles. The van der Waals surface area contributed by atoms with Crippen molar-refractivity contribution in [1.82, 2.24) is 9.88 Å². The zero-order valence-corrected chi connectivity index (χ0v) is 14.7. The molecule has 4 nitrogen and oxygen atoms in total. The molecule has 0 atom stereocenters. The van der Waals surface area contributed by atoms with Gasteiger partial charge in [-0.25, -0.2) is 0 Å². The van der Waals surface area contributed by atoms with Crippen LogP contribution in [0.3, 0.4) is 0 Å². The minimum absolute atomic E-state index is 0.0865. The number of aromatic amines is 1. The number of aromatic nitrogens is 1. The molecule has 0 saturated heterocycles. The lowest BCUT2D eigenvalue weighted by Crippen LogP contribution is -2.45. The van der Waals surface area contributed by atoms with Crippen molar-refractivity contribution in [2.24, 2.45) is 0 Å². The number of fused-ring (bicyclic) bond motifs is 1. The summed E-state index contributed by atoms with van der Waals surface area (Å²) < 4.78 is 0. The van der Waals surface area contributed by atoms with E-state index >= 15 is 0 Å². The molecular formula is C19H26N2O2. The lowest BCUT2D eigenvalue weighted by Gasteiger charge is -2.35. The third-order valence-corrected chi connectivity index (χ3v) is 3.98. The molecule has 1 heterocycles. The van der Waals surface area contributed by atoms with Crippen molar-refractivity contribution in [3.63, 3.8) is 0 Å². The zero-order chi connectivity index (χ0) is 17.2. The highest BCUT2D eigenvalue weighted by Gasteiger charge is 2.26. The van der Waals surface area contributed by atoms with Crippen molar-refractivity contribution in [1.29, 1.82) is 0 Å². The number of amides is 1. The fraction of sp³-hybridized carbons (Fsp3) is 0.474. The lowest BCUT2D eigenvalue weighted by molar-refractivity contribution is -0.136. The van der Waals surface area contributed by atoms with Gasteiger partial charge in [0.1, 0.15) is 0 Å². The number of hydrogen-bond acceptors (Lipinski definition) is 2. The number of pyridine rings is 1. The Balaban J connectivity index is 2.42. The van der Waals surface area contributed by atoms with Crippen molar-refractivity contribution >= 4 is 16.8 Å². The van der Waals surface area contributed by atoms with E-state index in [0.29, 0.717) is 18.5 Å². The van der Waals surface area contributed by atoms with Crippen molar-refractivity contribution in [3.05, 3.63) is 45.7 Å². The van der Waals surface area contributed by atoms with Crippen LogP contribution in [0.1, 0.15) is 51.7 Å². The summed E-state index contributed by atoms with van der Waals surface area (Å²) >= 11 is 0. The molecular weight excluding hydrogens is 288 g/mol. The van der Waals surface area contributed by atoms with Crippen LogP contribution in [0.25, 0.3) is 10.9 Å². The Morgan fingerprint density at radius 1 is 1.22 bits per heavy atom. The van der Waals surface area contributed by atoms with Crippen LogP contribution < -0.4 is 5.56 Å². The zero-order valence-electron chi connectivity index (χ0n) is 14.7. The first-order chi connectivity index (χ1) is 10.7. The second kappa shape index (κ2) is 6.57. The molecule has 4 heteroatoms. The first kappa shape index (κ1) is 17.3. The number of benzene rings is 1. The van der Waals surface area contributed by atoms with Gasteiger partial charge >= 0.3 is 0 Å². The predicted molar refractivity (Wildman–Crippen MR) is 94.5 cm³/mol. The molecule has 0 unspecified atom stereocenters. The molecule has 0 fully saturated rings. The van der Waals surface area contributed by atoms with Crippen LogP contribution in [0.2, 0.25) is 0 Å². The molecule has 0 aliphatic heterocycles.